The van der Waals surface area contributed by atoms with Gasteiger partial charge in [0.05, 0.1) is 7.11 Å². The fourth-order valence-corrected chi connectivity index (χ4v) is 3.07. The Balaban J connectivity index is 2.59. The summed E-state index contributed by atoms with van der Waals surface area (Å²) in [6, 6.07) is 7.70. The Labute approximate surface area is 185 Å². The molecule has 0 aliphatic heterocycles. The lowest BCUT2D eigenvalue weighted by Gasteiger charge is -2.24. The van der Waals surface area contributed by atoms with Crippen LogP contribution >= 0.6 is 0 Å². The van der Waals surface area contributed by atoms with Crippen LogP contribution in [0.1, 0.15) is 57.9 Å². The molecule has 31 heavy (non-hydrogen) atoms. The minimum absolute atomic E-state index is 0.107. The molecule has 0 aliphatic rings. The molecule has 0 heterocycles. The highest BCUT2D eigenvalue weighted by atomic mass is 16.5. The topological polar surface area (TPSA) is 93.7 Å². The fourth-order valence-electron chi connectivity index (χ4n) is 3.07. The van der Waals surface area contributed by atoms with Crippen molar-refractivity contribution in [1.29, 1.82) is 0 Å². The van der Waals surface area contributed by atoms with E-state index in [2.05, 4.69) is 17.2 Å². The van der Waals surface area contributed by atoms with E-state index < -0.39 is 30.1 Å². The molecule has 2 amide bonds. The van der Waals surface area contributed by atoms with Gasteiger partial charge in [0.15, 0.2) is 0 Å². The van der Waals surface area contributed by atoms with Gasteiger partial charge < -0.3 is 20.1 Å². The summed E-state index contributed by atoms with van der Waals surface area (Å²) >= 11 is 0. The number of methoxy groups -OCH3 is 1. The molecular weight excluding hydrogens is 396 g/mol. The molecule has 172 valence electrons. The number of hydrogen-bond acceptors (Lipinski definition) is 5. The molecule has 7 nitrogen and oxygen atoms in total. The van der Waals surface area contributed by atoms with Crippen LogP contribution in [0.2, 0.25) is 0 Å². The van der Waals surface area contributed by atoms with Crippen molar-refractivity contribution in [3.63, 3.8) is 0 Å². The van der Waals surface area contributed by atoms with E-state index in [1.54, 1.807) is 0 Å². The average molecular weight is 433 g/mol. The van der Waals surface area contributed by atoms with Crippen LogP contribution < -0.4 is 10.6 Å². The predicted octanol–water partition coefficient (Wildman–Crippen LogP) is 4.12. The molecular formula is C24H36N2O5. The Morgan fingerprint density at radius 2 is 1.71 bits per heavy atom. The second-order valence-electron chi connectivity index (χ2n) is 7.79. The Kier molecular flexibility index (Phi) is 12.7. The highest BCUT2D eigenvalue weighted by Crippen LogP contribution is 2.10. The average Bonchev–Trinajstić information content (AvgIpc) is 2.77. The number of nitrogens with one attached hydrogen (secondary N) is 2. The van der Waals surface area contributed by atoms with E-state index in [0.29, 0.717) is 6.42 Å². The molecule has 2 atom stereocenters. The standard InChI is InChI=1S/C24H36N2O5/c1-5-6-7-8-9-13-16-20(23(28)30-4)25-22(27)21(18(2)3)26-24(29)31-17-19-14-11-10-12-15-19/h5,10-12,14-15,18,20-21H,1,6-9,13,16-17H2,2-4H3,(H,25,27)(H,26,29)/t20-,21-/m0/s1. The summed E-state index contributed by atoms with van der Waals surface area (Å²) in [6.07, 6.45) is 6.50. The third-order valence-electron chi connectivity index (χ3n) is 4.89. The van der Waals surface area contributed by atoms with Crippen LogP contribution in [0, 0.1) is 5.92 Å². The molecule has 0 saturated carbocycles. The number of hydrogen-bond donors (Lipinski definition) is 2. The maximum absolute atomic E-state index is 12.8. The molecule has 7 heteroatoms. The molecule has 0 saturated heterocycles. The Morgan fingerprint density at radius 3 is 2.32 bits per heavy atom. The molecule has 0 aliphatic carbocycles. The van der Waals surface area contributed by atoms with Crippen molar-refractivity contribution < 1.29 is 23.9 Å². The van der Waals surface area contributed by atoms with Crippen molar-refractivity contribution in [2.45, 2.75) is 71.1 Å². The van der Waals surface area contributed by atoms with Gasteiger partial charge in [-0.15, -0.1) is 6.58 Å². The quantitative estimate of drug-likeness (QED) is 0.262. The first-order valence-corrected chi connectivity index (χ1v) is 10.8. The Morgan fingerprint density at radius 1 is 1.03 bits per heavy atom. The van der Waals surface area contributed by atoms with Crippen molar-refractivity contribution in [3.8, 4) is 0 Å². The van der Waals surface area contributed by atoms with Crippen molar-refractivity contribution >= 4 is 18.0 Å². The van der Waals surface area contributed by atoms with E-state index in [4.69, 9.17) is 9.47 Å². The first-order valence-electron chi connectivity index (χ1n) is 10.8. The minimum Gasteiger partial charge on any atom is -0.467 e. The van der Waals surface area contributed by atoms with E-state index in [0.717, 1.165) is 37.7 Å². The first-order chi connectivity index (χ1) is 14.9. The number of unbranched alkanes of at least 4 members (excludes halogenated alkanes) is 4. The van der Waals surface area contributed by atoms with Crippen molar-refractivity contribution in [2.24, 2.45) is 5.92 Å². The summed E-state index contributed by atoms with van der Waals surface area (Å²) in [5.74, 6) is -1.12. The van der Waals surface area contributed by atoms with Gasteiger partial charge in [-0.1, -0.05) is 69.5 Å². The van der Waals surface area contributed by atoms with Gasteiger partial charge in [0.2, 0.25) is 5.91 Å². The predicted molar refractivity (Wildman–Crippen MR) is 120 cm³/mol. The summed E-state index contributed by atoms with van der Waals surface area (Å²) < 4.78 is 10.1. The number of carbonyl (C=O) groups excluding carboxylic acids is 3. The van der Waals surface area contributed by atoms with E-state index in [1.165, 1.54) is 7.11 Å². The molecule has 2 N–H and O–H groups in total. The van der Waals surface area contributed by atoms with Crippen LogP contribution in [0.3, 0.4) is 0 Å². The summed E-state index contributed by atoms with van der Waals surface area (Å²) in [6.45, 7) is 7.44. The van der Waals surface area contributed by atoms with Gasteiger partial charge in [0.1, 0.15) is 18.7 Å². The number of carbonyl (C=O) groups is 3. The molecule has 0 spiro atoms. The molecule has 1 aromatic rings. The van der Waals surface area contributed by atoms with Gasteiger partial charge in [-0.3, -0.25) is 4.79 Å². The normalized spacial score (nSPS) is 12.5. The van der Waals surface area contributed by atoms with Gasteiger partial charge in [-0.05, 0) is 30.7 Å². The first kappa shape index (κ1) is 26.2. The lowest BCUT2D eigenvalue weighted by atomic mass is 10.0. The largest absolute Gasteiger partial charge is 0.467 e. The van der Waals surface area contributed by atoms with E-state index >= 15 is 0 Å². The SMILES string of the molecule is C=CCCCCCC[C@H](NC(=O)[C@@H](NC(=O)OCc1ccccc1)C(C)C)C(=O)OC. The lowest BCUT2D eigenvalue weighted by Crippen LogP contribution is -2.53. The maximum Gasteiger partial charge on any atom is 0.408 e. The molecule has 0 aromatic heterocycles. The van der Waals surface area contributed by atoms with Gasteiger partial charge in [0, 0.05) is 0 Å². The zero-order valence-corrected chi connectivity index (χ0v) is 18.9. The number of esters is 1. The monoisotopic (exact) mass is 432 g/mol. The fraction of sp³-hybridized carbons (Fsp3) is 0.542. The molecule has 0 bridgehead atoms. The zero-order valence-electron chi connectivity index (χ0n) is 18.9. The minimum atomic E-state index is -0.831. The number of benzene rings is 1. The smallest absolute Gasteiger partial charge is 0.408 e. The molecule has 0 unspecified atom stereocenters. The van der Waals surface area contributed by atoms with Crippen molar-refractivity contribution in [2.75, 3.05) is 7.11 Å². The van der Waals surface area contributed by atoms with Gasteiger partial charge in [0.25, 0.3) is 0 Å². The van der Waals surface area contributed by atoms with Gasteiger partial charge >= 0.3 is 12.1 Å². The van der Waals surface area contributed by atoms with Gasteiger partial charge in [-0.25, -0.2) is 9.59 Å². The Bertz CT molecular complexity index is 690. The van der Waals surface area contributed by atoms with Crippen LogP contribution in [0.4, 0.5) is 4.79 Å². The molecule has 0 radical (unpaired) electrons. The highest BCUT2D eigenvalue weighted by molar-refractivity contribution is 5.89. The number of allylic oxidation sites excluding steroid dienone is 1. The summed E-state index contributed by atoms with van der Waals surface area (Å²) in [5.41, 5.74) is 0.849. The molecule has 1 aromatic carbocycles. The summed E-state index contributed by atoms with van der Waals surface area (Å²) in [4.78, 5) is 37.1. The highest BCUT2D eigenvalue weighted by Gasteiger charge is 2.29. The van der Waals surface area contributed by atoms with Crippen LogP contribution in [0.25, 0.3) is 0 Å². The molecule has 1 rings (SSSR count). The van der Waals surface area contributed by atoms with Crippen molar-refractivity contribution in [3.05, 3.63) is 48.6 Å². The van der Waals surface area contributed by atoms with E-state index in [-0.39, 0.29) is 12.5 Å². The van der Waals surface area contributed by atoms with Crippen LogP contribution in [-0.2, 0) is 25.7 Å². The second-order valence-corrected chi connectivity index (χ2v) is 7.79. The second kappa shape index (κ2) is 15.0. The van der Waals surface area contributed by atoms with Crippen molar-refractivity contribution in [1.82, 2.24) is 10.6 Å². The number of rotatable bonds is 14. The summed E-state index contributed by atoms with van der Waals surface area (Å²) in [7, 11) is 1.30. The van der Waals surface area contributed by atoms with Crippen LogP contribution in [-0.4, -0.2) is 37.2 Å². The number of alkyl carbamates (subject to hydrolysis) is 1. The van der Waals surface area contributed by atoms with E-state index in [9.17, 15) is 14.4 Å². The lowest BCUT2D eigenvalue weighted by molar-refractivity contribution is -0.145. The van der Waals surface area contributed by atoms with Crippen LogP contribution in [0.5, 0.6) is 0 Å². The zero-order chi connectivity index (χ0) is 23.1. The third-order valence-corrected chi connectivity index (χ3v) is 4.89. The summed E-state index contributed by atoms with van der Waals surface area (Å²) in [5, 5.41) is 5.33. The maximum atomic E-state index is 12.8. The van der Waals surface area contributed by atoms with E-state index in [1.807, 2.05) is 50.3 Å². The Hall–Kier alpha value is -2.83. The third kappa shape index (κ3) is 10.7. The molecule has 0 fully saturated rings. The number of amides is 2. The number of ether oxygens (including phenoxy) is 2. The van der Waals surface area contributed by atoms with Crippen LogP contribution in [0.15, 0.2) is 43.0 Å². The van der Waals surface area contributed by atoms with Gasteiger partial charge in [-0.2, -0.15) is 0 Å².